The van der Waals surface area contributed by atoms with E-state index < -0.39 is 10.0 Å². The van der Waals surface area contributed by atoms with Crippen molar-refractivity contribution in [1.29, 1.82) is 0 Å². The van der Waals surface area contributed by atoms with Gasteiger partial charge in [0, 0.05) is 36.0 Å². The first-order valence-electron chi connectivity index (χ1n) is 9.17. The molecule has 0 radical (unpaired) electrons. The van der Waals surface area contributed by atoms with Gasteiger partial charge < -0.3 is 10.1 Å². The van der Waals surface area contributed by atoms with Crippen molar-refractivity contribution < 1.29 is 17.9 Å². The predicted molar refractivity (Wildman–Crippen MR) is 111 cm³/mol. The molecule has 0 heterocycles. The van der Waals surface area contributed by atoms with E-state index in [1.54, 1.807) is 24.3 Å². The minimum absolute atomic E-state index is 0.0725. The summed E-state index contributed by atoms with van der Waals surface area (Å²) in [6.07, 6.45) is 2.86. The Balaban J connectivity index is 1.86. The number of ether oxygens (including phenoxy) is 1. The number of unbranched alkanes of at least 4 members (excludes halogenated alkanes) is 1. The van der Waals surface area contributed by atoms with Crippen molar-refractivity contribution in [2.45, 2.75) is 31.1 Å². The highest BCUT2D eigenvalue weighted by Gasteiger charge is 2.15. The smallest absolute Gasteiger partial charge is 0.261 e. The Labute approximate surface area is 171 Å². The number of benzene rings is 2. The normalized spacial score (nSPS) is 11.2. The fourth-order valence-corrected chi connectivity index (χ4v) is 3.53. The maximum absolute atomic E-state index is 12.4. The lowest BCUT2D eigenvalue weighted by atomic mass is 10.2. The topological polar surface area (TPSA) is 84.5 Å². The summed E-state index contributed by atoms with van der Waals surface area (Å²) in [6.45, 7) is 3.95. The average Bonchev–Trinajstić information content (AvgIpc) is 2.69. The van der Waals surface area contributed by atoms with Crippen LogP contribution in [0.1, 0.15) is 36.5 Å². The Bertz CT molecular complexity index is 853. The number of anilines is 1. The number of amides is 1. The molecule has 1 amide bonds. The lowest BCUT2D eigenvalue weighted by molar-refractivity contribution is 0.0940. The number of hydrogen-bond donors (Lipinski definition) is 2. The average molecular weight is 425 g/mol. The van der Waals surface area contributed by atoms with Crippen molar-refractivity contribution in [2.75, 3.05) is 24.5 Å². The highest BCUT2D eigenvalue weighted by atomic mass is 35.5. The second-order valence-corrected chi connectivity index (χ2v) is 8.33. The molecule has 0 bridgehead atoms. The van der Waals surface area contributed by atoms with Gasteiger partial charge in [-0.1, -0.05) is 24.9 Å². The van der Waals surface area contributed by atoms with Gasteiger partial charge >= 0.3 is 0 Å². The summed E-state index contributed by atoms with van der Waals surface area (Å²) in [5.41, 5.74) is 0.810. The lowest BCUT2D eigenvalue weighted by Crippen LogP contribution is -2.25. The Morgan fingerprint density at radius 1 is 1.00 bits per heavy atom. The second kappa shape index (κ2) is 11.0. The van der Waals surface area contributed by atoms with E-state index in [4.69, 9.17) is 16.3 Å². The van der Waals surface area contributed by atoms with Crippen LogP contribution in [0.4, 0.5) is 5.69 Å². The number of rotatable bonds is 11. The van der Waals surface area contributed by atoms with Gasteiger partial charge in [-0.25, -0.2) is 8.42 Å². The van der Waals surface area contributed by atoms with Crippen LogP contribution < -0.4 is 10.0 Å². The van der Waals surface area contributed by atoms with Crippen molar-refractivity contribution in [1.82, 2.24) is 5.32 Å². The maximum atomic E-state index is 12.4. The fourth-order valence-electron chi connectivity index (χ4n) is 2.34. The number of carbonyl (C=O) groups excluding carboxylic acids is 1. The molecule has 2 aromatic carbocycles. The van der Waals surface area contributed by atoms with Gasteiger partial charge in [-0.3, -0.25) is 9.52 Å². The first-order chi connectivity index (χ1) is 13.4. The van der Waals surface area contributed by atoms with Crippen molar-refractivity contribution >= 4 is 33.2 Å². The van der Waals surface area contributed by atoms with Gasteiger partial charge in [-0.05, 0) is 61.4 Å². The summed E-state index contributed by atoms with van der Waals surface area (Å²) in [7, 11) is -3.74. The number of sulfonamides is 1. The molecule has 0 aliphatic rings. The van der Waals surface area contributed by atoms with E-state index in [-0.39, 0.29) is 10.8 Å². The van der Waals surface area contributed by atoms with Crippen molar-refractivity contribution in [3.05, 3.63) is 59.1 Å². The van der Waals surface area contributed by atoms with Gasteiger partial charge in [0.2, 0.25) is 0 Å². The molecule has 2 aromatic rings. The first kappa shape index (κ1) is 22.2. The second-order valence-electron chi connectivity index (χ2n) is 6.21. The summed E-state index contributed by atoms with van der Waals surface area (Å²) in [6, 6.07) is 12.1. The van der Waals surface area contributed by atoms with E-state index >= 15 is 0 Å². The van der Waals surface area contributed by atoms with E-state index in [1.165, 1.54) is 24.3 Å². The van der Waals surface area contributed by atoms with Gasteiger partial charge in [0.15, 0.2) is 0 Å². The van der Waals surface area contributed by atoms with Crippen LogP contribution >= 0.6 is 11.6 Å². The number of halogens is 1. The largest absolute Gasteiger partial charge is 0.381 e. The van der Waals surface area contributed by atoms with E-state index in [2.05, 4.69) is 17.0 Å². The molecular weight excluding hydrogens is 400 g/mol. The lowest BCUT2D eigenvalue weighted by Gasteiger charge is -2.09. The molecule has 8 heteroatoms. The standard InChI is InChI=1S/C20H25ClN2O4S/c1-2-3-14-27-15-4-13-22-20(24)16-5-11-19(12-6-16)28(25,26)23-18-9-7-17(21)8-10-18/h5-12,23H,2-4,13-15H2,1H3,(H,22,24). The molecule has 6 nitrogen and oxygen atoms in total. The molecular formula is C20H25ClN2O4S. The van der Waals surface area contributed by atoms with Gasteiger partial charge in [0.05, 0.1) is 4.90 Å². The molecule has 0 atom stereocenters. The minimum atomic E-state index is -3.74. The SMILES string of the molecule is CCCCOCCCNC(=O)c1ccc(S(=O)(=O)Nc2ccc(Cl)cc2)cc1. The molecule has 0 unspecified atom stereocenters. The fraction of sp³-hybridized carbons (Fsp3) is 0.350. The molecule has 0 aromatic heterocycles. The van der Waals surface area contributed by atoms with E-state index in [9.17, 15) is 13.2 Å². The van der Waals surface area contributed by atoms with Crippen molar-refractivity contribution in [2.24, 2.45) is 0 Å². The van der Waals surface area contributed by atoms with Crippen LogP contribution in [-0.2, 0) is 14.8 Å². The van der Waals surface area contributed by atoms with Crippen LogP contribution in [-0.4, -0.2) is 34.1 Å². The highest BCUT2D eigenvalue weighted by molar-refractivity contribution is 7.92. The molecule has 0 saturated carbocycles. The van der Waals surface area contributed by atoms with Gasteiger partial charge in [0.1, 0.15) is 0 Å². The Morgan fingerprint density at radius 3 is 2.29 bits per heavy atom. The quantitative estimate of drug-likeness (QED) is 0.532. The summed E-state index contributed by atoms with van der Waals surface area (Å²) >= 11 is 5.80. The molecule has 28 heavy (non-hydrogen) atoms. The Kier molecular flexibility index (Phi) is 8.76. The monoisotopic (exact) mass is 424 g/mol. The minimum Gasteiger partial charge on any atom is -0.381 e. The molecule has 0 saturated heterocycles. The van der Waals surface area contributed by atoms with E-state index in [1.807, 2.05) is 0 Å². The Morgan fingerprint density at radius 2 is 1.64 bits per heavy atom. The van der Waals surface area contributed by atoms with E-state index in [0.29, 0.717) is 29.4 Å². The molecule has 0 spiro atoms. The van der Waals surface area contributed by atoms with Gasteiger partial charge in [0.25, 0.3) is 15.9 Å². The number of carbonyl (C=O) groups is 1. The van der Waals surface area contributed by atoms with Gasteiger partial charge in [-0.2, -0.15) is 0 Å². The Hall–Kier alpha value is -2.09. The summed E-state index contributed by atoms with van der Waals surface area (Å²) in [4.78, 5) is 12.2. The molecule has 2 N–H and O–H groups in total. The maximum Gasteiger partial charge on any atom is 0.261 e. The summed E-state index contributed by atoms with van der Waals surface area (Å²) in [5.74, 6) is -0.247. The van der Waals surface area contributed by atoms with Crippen molar-refractivity contribution in [3.8, 4) is 0 Å². The molecule has 0 aliphatic heterocycles. The predicted octanol–water partition coefficient (Wildman–Crippen LogP) is 4.08. The van der Waals surface area contributed by atoms with Crippen LogP contribution in [0.5, 0.6) is 0 Å². The van der Waals surface area contributed by atoms with E-state index in [0.717, 1.165) is 25.9 Å². The first-order valence-corrected chi connectivity index (χ1v) is 11.0. The third-order valence-electron chi connectivity index (χ3n) is 3.92. The molecule has 2 rings (SSSR count). The molecule has 0 aliphatic carbocycles. The van der Waals surface area contributed by atoms with Crippen LogP contribution in [0, 0.1) is 0 Å². The third-order valence-corrected chi connectivity index (χ3v) is 5.57. The zero-order chi connectivity index (χ0) is 20.4. The van der Waals surface area contributed by atoms with Crippen LogP contribution in [0.25, 0.3) is 0 Å². The third kappa shape index (κ3) is 7.14. The number of hydrogen-bond acceptors (Lipinski definition) is 4. The molecule has 152 valence electrons. The highest BCUT2D eigenvalue weighted by Crippen LogP contribution is 2.18. The van der Waals surface area contributed by atoms with Crippen LogP contribution in [0.15, 0.2) is 53.4 Å². The summed E-state index contributed by atoms with van der Waals surface area (Å²) in [5, 5.41) is 3.32. The van der Waals surface area contributed by atoms with Gasteiger partial charge in [-0.15, -0.1) is 0 Å². The zero-order valence-corrected chi connectivity index (χ0v) is 17.4. The zero-order valence-electron chi connectivity index (χ0n) is 15.8. The summed E-state index contributed by atoms with van der Waals surface area (Å²) < 4.78 is 32.8. The number of nitrogens with one attached hydrogen (secondary N) is 2. The van der Waals surface area contributed by atoms with Crippen molar-refractivity contribution in [3.63, 3.8) is 0 Å². The molecule has 0 fully saturated rings. The van der Waals surface area contributed by atoms with Crippen LogP contribution in [0.3, 0.4) is 0 Å². The van der Waals surface area contributed by atoms with Crippen LogP contribution in [0.2, 0.25) is 5.02 Å².